The Morgan fingerprint density at radius 1 is 1.26 bits per heavy atom. The lowest BCUT2D eigenvalue weighted by molar-refractivity contribution is -0.139. The molecule has 0 saturated heterocycles. The van der Waals surface area contributed by atoms with Gasteiger partial charge >= 0.3 is 5.97 Å². The van der Waals surface area contributed by atoms with Gasteiger partial charge in [-0.1, -0.05) is 35.1 Å². The van der Waals surface area contributed by atoms with Gasteiger partial charge in [0.25, 0.3) is 5.56 Å². The molecule has 4 rings (SSSR count). The summed E-state index contributed by atoms with van der Waals surface area (Å²) in [5, 5.41) is 10.7. The van der Waals surface area contributed by atoms with Crippen molar-refractivity contribution in [3.8, 4) is 5.75 Å². The van der Waals surface area contributed by atoms with Gasteiger partial charge in [0.2, 0.25) is 0 Å². The molecule has 1 unspecified atom stereocenters. The second kappa shape index (κ2) is 9.48. The van der Waals surface area contributed by atoms with Crippen LogP contribution in [0.25, 0.3) is 6.08 Å². The van der Waals surface area contributed by atoms with Gasteiger partial charge in [-0.25, -0.2) is 9.79 Å². The van der Waals surface area contributed by atoms with Crippen LogP contribution in [-0.4, -0.2) is 36.3 Å². The number of aromatic nitrogens is 1. The zero-order chi connectivity index (χ0) is 24.6. The number of aromatic hydroxyl groups is 1. The summed E-state index contributed by atoms with van der Waals surface area (Å²) in [6.07, 6.45) is 1.58. The molecule has 0 fully saturated rings. The molecular weight excluding hydrogens is 474 g/mol. The monoisotopic (exact) mass is 497 g/mol. The predicted octanol–water partition coefficient (Wildman–Crippen LogP) is 3.22. The summed E-state index contributed by atoms with van der Waals surface area (Å²) in [7, 11) is 3.88. The molecule has 1 N–H and O–H groups in total. The van der Waals surface area contributed by atoms with Crippen LogP contribution in [0.4, 0.5) is 5.69 Å². The van der Waals surface area contributed by atoms with Crippen LogP contribution in [0.2, 0.25) is 5.02 Å². The SMILES string of the molecule is CCOC(=O)C1=C(C)N=c2s/c(=C\c3cc(Cl)ccc3O)c(=O)n2C1c1ccc(N(C)C)cc1. The molecule has 1 aromatic heterocycles. The Morgan fingerprint density at radius 3 is 2.62 bits per heavy atom. The van der Waals surface area contributed by atoms with E-state index in [1.54, 1.807) is 32.1 Å². The normalized spacial score (nSPS) is 15.7. The molecule has 3 aromatic rings. The summed E-state index contributed by atoms with van der Waals surface area (Å²) in [5.74, 6) is -0.498. The third kappa shape index (κ3) is 4.38. The number of phenolic OH excluding ortho intramolecular Hbond substituents is 1. The number of hydrogen-bond acceptors (Lipinski definition) is 7. The average Bonchev–Trinajstić information content (AvgIpc) is 3.10. The molecule has 2 aromatic carbocycles. The summed E-state index contributed by atoms with van der Waals surface area (Å²) in [5.41, 5.74) is 2.68. The topological polar surface area (TPSA) is 84.1 Å². The van der Waals surface area contributed by atoms with E-state index in [0.29, 0.717) is 31.2 Å². The Kier molecular flexibility index (Phi) is 6.63. The Morgan fingerprint density at radius 2 is 1.97 bits per heavy atom. The van der Waals surface area contributed by atoms with Crippen molar-refractivity contribution in [2.24, 2.45) is 4.99 Å². The second-order valence-corrected chi connectivity index (χ2v) is 9.44. The van der Waals surface area contributed by atoms with E-state index in [-0.39, 0.29) is 17.9 Å². The lowest BCUT2D eigenvalue weighted by Crippen LogP contribution is -2.39. The number of allylic oxidation sites excluding steroid dienone is 1. The maximum absolute atomic E-state index is 13.6. The maximum atomic E-state index is 13.6. The summed E-state index contributed by atoms with van der Waals surface area (Å²) in [4.78, 5) is 33.5. The van der Waals surface area contributed by atoms with Gasteiger partial charge in [0.1, 0.15) is 5.75 Å². The van der Waals surface area contributed by atoms with Crippen LogP contribution in [0.5, 0.6) is 5.75 Å². The van der Waals surface area contributed by atoms with Gasteiger partial charge in [-0.3, -0.25) is 9.36 Å². The van der Waals surface area contributed by atoms with Crippen LogP contribution in [0.1, 0.15) is 31.0 Å². The highest BCUT2D eigenvalue weighted by Gasteiger charge is 2.33. The molecule has 0 bridgehead atoms. The third-order valence-electron chi connectivity index (χ3n) is 5.52. The number of nitrogens with zero attached hydrogens (tertiary/aromatic N) is 3. The van der Waals surface area contributed by atoms with Crippen molar-refractivity contribution in [2.75, 3.05) is 25.6 Å². The number of phenols is 1. The van der Waals surface area contributed by atoms with Crippen LogP contribution in [0.15, 0.2) is 63.5 Å². The highest BCUT2D eigenvalue weighted by Crippen LogP contribution is 2.31. The Hall–Kier alpha value is -3.36. The minimum atomic E-state index is -0.693. The fourth-order valence-corrected chi connectivity index (χ4v) is 5.06. The third-order valence-corrected chi connectivity index (χ3v) is 6.74. The molecule has 2 heterocycles. The molecule has 0 amide bonds. The van der Waals surface area contributed by atoms with Gasteiger partial charge in [0.15, 0.2) is 4.80 Å². The van der Waals surface area contributed by atoms with E-state index in [4.69, 9.17) is 16.3 Å². The molecule has 1 atom stereocenters. The molecule has 176 valence electrons. The Bertz CT molecular complexity index is 1470. The smallest absolute Gasteiger partial charge is 0.338 e. The van der Waals surface area contributed by atoms with Crippen molar-refractivity contribution in [3.05, 3.63) is 89.6 Å². The molecule has 1 aliphatic heterocycles. The number of anilines is 1. The zero-order valence-electron chi connectivity index (χ0n) is 19.2. The number of hydrogen-bond donors (Lipinski definition) is 1. The summed E-state index contributed by atoms with van der Waals surface area (Å²) in [6, 6.07) is 11.6. The predicted molar refractivity (Wildman–Crippen MR) is 134 cm³/mol. The quantitative estimate of drug-likeness (QED) is 0.547. The van der Waals surface area contributed by atoms with Crippen molar-refractivity contribution in [3.63, 3.8) is 0 Å². The van der Waals surface area contributed by atoms with Crippen molar-refractivity contribution >= 4 is 40.7 Å². The first-order valence-corrected chi connectivity index (χ1v) is 11.9. The van der Waals surface area contributed by atoms with Crippen molar-refractivity contribution < 1.29 is 14.6 Å². The largest absolute Gasteiger partial charge is 0.507 e. The molecule has 0 saturated carbocycles. The van der Waals surface area contributed by atoms with Gasteiger partial charge in [-0.2, -0.15) is 0 Å². The van der Waals surface area contributed by atoms with Crippen LogP contribution >= 0.6 is 22.9 Å². The van der Waals surface area contributed by atoms with Crippen LogP contribution in [0, 0.1) is 0 Å². The van der Waals surface area contributed by atoms with E-state index in [1.165, 1.54) is 22.0 Å². The summed E-state index contributed by atoms with van der Waals surface area (Å²) in [6.45, 7) is 3.69. The van der Waals surface area contributed by atoms with E-state index >= 15 is 0 Å². The van der Waals surface area contributed by atoms with Crippen LogP contribution in [-0.2, 0) is 9.53 Å². The second-order valence-electron chi connectivity index (χ2n) is 7.99. The number of benzene rings is 2. The maximum Gasteiger partial charge on any atom is 0.338 e. The lowest BCUT2D eigenvalue weighted by atomic mass is 9.95. The molecule has 7 nitrogen and oxygen atoms in total. The number of rotatable bonds is 5. The molecule has 0 aliphatic carbocycles. The first-order chi connectivity index (χ1) is 16.2. The fourth-order valence-electron chi connectivity index (χ4n) is 3.84. The van der Waals surface area contributed by atoms with Crippen LogP contribution < -0.4 is 19.8 Å². The first-order valence-electron chi connectivity index (χ1n) is 10.7. The molecule has 0 spiro atoms. The Balaban J connectivity index is 1.95. The highest BCUT2D eigenvalue weighted by molar-refractivity contribution is 7.07. The van der Waals surface area contributed by atoms with Crippen molar-refractivity contribution in [1.82, 2.24) is 4.57 Å². The van der Waals surface area contributed by atoms with Crippen molar-refractivity contribution in [2.45, 2.75) is 19.9 Å². The lowest BCUT2D eigenvalue weighted by Gasteiger charge is -2.25. The number of esters is 1. The van der Waals surface area contributed by atoms with E-state index in [0.717, 1.165) is 11.3 Å². The fraction of sp³-hybridized carbons (Fsp3) is 0.240. The van der Waals surface area contributed by atoms with Gasteiger partial charge in [-0.15, -0.1) is 0 Å². The summed E-state index contributed by atoms with van der Waals surface area (Å²) < 4.78 is 7.20. The standard InChI is InChI=1S/C25H24ClN3O4S/c1-5-33-24(32)21-14(2)27-25-29(22(21)15-6-9-18(10-7-15)28(3)4)23(31)20(34-25)13-16-12-17(26)8-11-19(16)30/h6-13,22,30H,5H2,1-4H3/b20-13-. The average molecular weight is 498 g/mol. The molecule has 9 heteroatoms. The number of thiazole rings is 1. The van der Waals surface area contributed by atoms with E-state index < -0.39 is 12.0 Å². The Labute approximate surface area is 205 Å². The van der Waals surface area contributed by atoms with Gasteiger partial charge in [0.05, 0.1) is 28.5 Å². The minimum Gasteiger partial charge on any atom is -0.507 e. The number of carbonyl (C=O) groups is 1. The molecule has 0 radical (unpaired) electrons. The van der Waals surface area contributed by atoms with Gasteiger partial charge < -0.3 is 14.7 Å². The first kappa shape index (κ1) is 23.8. The van der Waals surface area contributed by atoms with E-state index in [9.17, 15) is 14.7 Å². The number of fused-ring (bicyclic) bond motifs is 1. The van der Waals surface area contributed by atoms with Gasteiger partial charge in [0, 0.05) is 30.4 Å². The minimum absolute atomic E-state index is 0.00875. The zero-order valence-corrected chi connectivity index (χ0v) is 20.8. The molecular formula is C25H24ClN3O4S. The van der Waals surface area contributed by atoms with Crippen LogP contribution in [0.3, 0.4) is 0 Å². The number of halogens is 1. The molecule has 34 heavy (non-hydrogen) atoms. The van der Waals surface area contributed by atoms with Crippen molar-refractivity contribution in [1.29, 1.82) is 0 Å². The van der Waals surface area contributed by atoms with E-state index in [2.05, 4.69) is 4.99 Å². The number of carbonyl (C=O) groups excluding carboxylic acids is 1. The number of ether oxygens (including phenoxy) is 1. The van der Waals surface area contributed by atoms with E-state index in [1.807, 2.05) is 43.3 Å². The van der Waals surface area contributed by atoms with Gasteiger partial charge in [-0.05, 0) is 55.8 Å². The highest BCUT2D eigenvalue weighted by atomic mass is 35.5. The summed E-state index contributed by atoms with van der Waals surface area (Å²) >= 11 is 7.26. The molecule has 1 aliphatic rings.